The number of aryl methyl sites for hydroxylation is 1. The zero-order valence-corrected chi connectivity index (χ0v) is 12.6. The molecule has 2 nitrogen and oxygen atoms in total. The van der Waals surface area contributed by atoms with Gasteiger partial charge in [-0.2, -0.15) is 0 Å². The molecule has 0 heterocycles. The van der Waals surface area contributed by atoms with Gasteiger partial charge in [-0.1, -0.05) is 37.3 Å². The first kappa shape index (κ1) is 14.9. The van der Waals surface area contributed by atoms with Crippen LogP contribution >= 0.6 is 0 Å². The third kappa shape index (κ3) is 2.96. The minimum absolute atomic E-state index is 0.0457. The van der Waals surface area contributed by atoms with E-state index in [2.05, 4.69) is 37.3 Å². The van der Waals surface area contributed by atoms with Gasteiger partial charge in [-0.05, 0) is 55.4 Å². The summed E-state index contributed by atoms with van der Waals surface area (Å²) in [6.45, 7) is 6.42. The van der Waals surface area contributed by atoms with Gasteiger partial charge in [0.2, 0.25) is 0 Å². The number of hydrogen-bond acceptors (Lipinski definition) is 2. The summed E-state index contributed by atoms with van der Waals surface area (Å²) in [5.74, 6) is 0.446. The summed E-state index contributed by atoms with van der Waals surface area (Å²) in [4.78, 5) is 0. The first-order chi connectivity index (χ1) is 9.46. The lowest BCUT2D eigenvalue weighted by molar-refractivity contribution is 0.288. The molecule has 1 aromatic carbocycles. The van der Waals surface area contributed by atoms with Crippen molar-refractivity contribution in [2.45, 2.75) is 45.4 Å². The van der Waals surface area contributed by atoms with Crippen LogP contribution < -0.4 is 0 Å². The van der Waals surface area contributed by atoms with E-state index >= 15 is 0 Å². The first-order valence-corrected chi connectivity index (χ1v) is 7.25. The van der Waals surface area contributed by atoms with Crippen molar-refractivity contribution in [1.29, 1.82) is 0 Å². The fourth-order valence-corrected chi connectivity index (χ4v) is 3.09. The van der Waals surface area contributed by atoms with Crippen molar-refractivity contribution in [3.05, 3.63) is 58.4 Å². The van der Waals surface area contributed by atoms with Crippen LogP contribution in [-0.2, 0) is 11.8 Å². The highest BCUT2D eigenvalue weighted by Gasteiger charge is 2.29. The summed E-state index contributed by atoms with van der Waals surface area (Å²) in [6.07, 6.45) is 4.75. The Bertz CT molecular complexity index is 537. The number of rotatable bonds is 4. The molecule has 1 aliphatic rings. The topological polar surface area (TPSA) is 40.5 Å². The predicted octanol–water partition coefficient (Wildman–Crippen LogP) is 4.05. The Balaban J connectivity index is 2.24. The van der Waals surface area contributed by atoms with Gasteiger partial charge in [0.25, 0.3) is 0 Å². The second kappa shape index (κ2) is 5.84. The first-order valence-electron chi connectivity index (χ1n) is 7.25. The number of benzene rings is 1. The average molecular weight is 272 g/mol. The minimum Gasteiger partial charge on any atom is -0.508 e. The number of aliphatic hydroxyl groups is 2. The smallest absolute Gasteiger partial charge is 0.117 e. The van der Waals surface area contributed by atoms with E-state index in [-0.39, 0.29) is 12.0 Å². The molecule has 0 spiro atoms. The zero-order chi connectivity index (χ0) is 14.8. The van der Waals surface area contributed by atoms with Gasteiger partial charge in [0.1, 0.15) is 5.76 Å². The van der Waals surface area contributed by atoms with E-state index in [1.54, 1.807) is 0 Å². The van der Waals surface area contributed by atoms with E-state index in [9.17, 15) is 5.11 Å². The highest BCUT2D eigenvalue weighted by Crippen LogP contribution is 2.39. The molecule has 20 heavy (non-hydrogen) atoms. The molecule has 2 N–H and O–H groups in total. The standard InChI is InChI=1S/C18H24O2/c1-13-11-18(3,12-14(2)17(13)20)16-8-6-15(7-9-16)5-4-10-19/h6-9,11,19-20H,4-5,10,12H2,1-3H3. The van der Waals surface area contributed by atoms with Crippen LogP contribution in [0.4, 0.5) is 0 Å². The summed E-state index contributed by atoms with van der Waals surface area (Å²) in [5.41, 5.74) is 4.50. The summed E-state index contributed by atoms with van der Waals surface area (Å²) >= 11 is 0. The van der Waals surface area contributed by atoms with E-state index in [4.69, 9.17) is 5.11 Å². The molecule has 0 amide bonds. The second-order valence-corrected chi connectivity index (χ2v) is 6.07. The Morgan fingerprint density at radius 1 is 1.15 bits per heavy atom. The van der Waals surface area contributed by atoms with Crippen molar-refractivity contribution in [2.24, 2.45) is 0 Å². The maximum absolute atomic E-state index is 9.95. The monoisotopic (exact) mass is 272 g/mol. The van der Waals surface area contributed by atoms with E-state index in [0.29, 0.717) is 5.76 Å². The van der Waals surface area contributed by atoms with E-state index < -0.39 is 0 Å². The fourth-order valence-electron chi connectivity index (χ4n) is 3.09. The molecule has 0 fully saturated rings. The van der Waals surface area contributed by atoms with Gasteiger partial charge < -0.3 is 10.2 Å². The number of hydrogen-bond donors (Lipinski definition) is 2. The third-order valence-corrected chi connectivity index (χ3v) is 4.18. The van der Waals surface area contributed by atoms with Crippen molar-refractivity contribution in [3.63, 3.8) is 0 Å². The molecule has 1 atom stereocenters. The lowest BCUT2D eigenvalue weighted by Gasteiger charge is -2.32. The molecule has 1 aliphatic carbocycles. The van der Waals surface area contributed by atoms with Crippen molar-refractivity contribution in [3.8, 4) is 0 Å². The van der Waals surface area contributed by atoms with Gasteiger partial charge in [-0.3, -0.25) is 0 Å². The minimum atomic E-state index is -0.0457. The zero-order valence-electron chi connectivity index (χ0n) is 12.6. The molecule has 0 radical (unpaired) electrons. The molecule has 108 valence electrons. The molecule has 0 aliphatic heterocycles. The third-order valence-electron chi connectivity index (χ3n) is 4.18. The van der Waals surface area contributed by atoms with Crippen LogP contribution in [-0.4, -0.2) is 16.8 Å². The SMILES string of the molecule is CC1=CC(C)(c2ccc(CCCO)cc2)CC(C)=C1O. The van der Waals surface area contributed by atoms with Crippen LogP contribution in [0.5, 0.6) is 0 Å². The molecule has 1 aromatic rings. The van der Waals surface area contributed by atoms with E-state index in [0.717, 1.165) is 30.4 Å². The van der Waals surface area contributed by atoms with Crippen molar-refractivity contribution >= 4 is 0 Å². The molecule has 1 unspecified atom stereocenters. The second-order valence-electron chi connectivity index (χ2n) is 6.07. The fraction of sp³-hybridized carbons (Fsp3) is 0.444. The Morgan fingerprint density at radius 3 is 2.35 bits per heavy atom. The largest absolute Gasteiger partial charge is 0.508 e. The van der Waals surface area contributed by atoms with E-state index in [1.807, 2.05) is 13.8 Å². The Morgan fingerprint density at radius 2 is 1.80 bits per heavy atom. The average Bonchev–Trinajstić information content (AvgIpc) is 2.43. The van der Waals surface area contributed by atoms with Crippen molar-refractivity contribution in [2.75, 3.05) is 6.61 Å². The van der Waals surface area contributed by atoms with Crippen molar-refractivity contribution < 1.29 is 10.2 Å². The van der Waals surface area contributed by atoms with Gasteiger partial charge in [-0.15, -0.1) is 0 Å². The van der Waals surface area contributed by atoms with Crippen LogP contribution in [0.25, 0.3) is 0 Å². The highest BCUT2D eigenvalue weighted by molar-refractivity contribution is 5.43. The number of allylic oxidation sites excluding steroid dienone is 3. The lowest BCUT2D eigenvalue weighted by atomic mass is 9.73. The molecule has 2 rings (SSSR count). The summed E-state index contributed by atoms with van der Waals surface area (Å²) in [5, 5.41) is 18.8. The Kier molecular flexibility index (Phi) is 4.34. The van der Waals surface area contributed by atoms with Gasteiger partial charge in [0, 0.05) is 12.0 Å². The molecular formula is C18H24O2. The summed E-state index contributed by atoms with van der Waals surface area (Å²) in [7, 11) is 0. The van der Waals surface area contributed by atoms with E-state index in [1.165, 1.54) is 11.1 Å². The molecule has 0 saturated heterocycles. The van der Waals surface area contributed by atoms with Crippen LogP contribution in [0.3, 0.4) is 0 Å². The van der Waals surface area contributed by atoms with Gasteiger partial charge in [0.15, 0.2) is 0 Å². The lowest BCUT2D eigenvalue weighted by Crippen LogP contribution is -2.24. The quantitative estimate of drug-likeness (QED) is 0.868. The van der Waals surface area contributed by atoms with Crippen LogP contribution in [0.2, 0.25) is 0 Å². The summed E-state index contributed by atoms with van der Waals surface area (Å²) < 4.78 is 0. The normalized spacial score (nSPS) is 22.9. The molecule has 0 aromatic heterocycles. The van der Waals surface area contributed by atoms with Crippen molar-refractivity contribution in [1.82, 2.24) is 0 Å². The Hall–Kier alpha value is -1.54. The van der Waals surface area contributed by atoms with Crippen LogP contribution in [0.15, 0.2) is 47.2 Å². The molecule has 2 heteroatoms. The van der Waals surface area contributed by atoms with Crippen LogP contribution in [0, 0.1) is 0 Å². The summed E-state index contributed by atoms with van der Waals surface area (Å²) in [6, 6.07) is 8.64. The molecule has 0 bridgehead atoms. The molecule has 0 saturated carbocycles. The van der Waals surface area contributed by atoms with Gasteiger partial charge in [0.05, 0.1) is 0 Å². The maximum Gasteiger partial charge on any atom is 0.117 e. The number of aliphatic hydroxyl groups excluding tert-OH is 2. The molecular weight excluding hydrogens is 248 g/mol. The van der Waals surface area contributed by atoms with Crippen LogP contribution in [0.1, 0.15) is 44.7 Å². The highest BCUT2D eigenvalue weighted by atomic mass is 16.3. The van der Waals surface area contributed by atoms with Gasteiger partial charge >= 0.3 is 0 Å². The predicted molar refractivity (Wildman–Crippen MR) is 82.9 cm³/mol. The van der Waals surface area contributed by atoms with Gasteiger partial charge in [-0.25, -0.2) is 0 Å². The Labute approximate surface area is 121 Å². The maximum atomic E-state index is 9.95.